The van der Waals surface area contributed by atoms with Gasteiger partial charge in [-0.1, -0.05) is 18.2 Å². The lowest BCUT2D eigenvalue weighted by atomic mass is 10.1. The first-order valence-electron chi connectivity index (χ1n) is 8.54. The van der Waals surface area contributed by atoms with Crippen LogP contribution in [0.5, 0.6) is 0 Å². The van der Waals surface area contributed by atoms with Crippen molar-refractivity contribution in [3.63, 3.8) is 0 Å². The standard InChI is InChI=1S/C19H22N4OS/c1-21(2)8-7-14-10-22(11-15-9-20-13-23(14)15)19(24)17-12-25-18-6-4-3-5-16(17)18/h3-6,9,12-14H,7-8,10-11H2,1-2H3/t14-/m1/s1. The van der Waals surface area contributed by atoms with E-state index in [9.17, 15) is 4.79 Å². The van der Waals surface area contributed by atoms with E-state index in [1.54, 1.807) is 11.3 Å². The highest BCUT2D eigenvalue weighted by Gasteiger charge is 2.29. The third-order valence-corrected chi connectivity index (χ3v) is 5.80. The molecular formula is C19H22N4OS. The van der Waals surface area contributed by atoms with Gasteiger partial charge in [0, 0.05) is 28.2 Å². The van der Waals surface area contributed by atoms with Gasteiger partial charge in [-0.3, -0.25) is 4.79 Å². The summed E-state index contributed by atoms with van der Waals surface area (Å²) in [6.07, 6.45) is 4.79. The Balaban J connectivity index is 1.61. The summed E-state index contributed by atoms with van der Waals surface area (Å²) >= 11 is 1.64. The maximum atomic E-state index is 13.2. The highest BCUT2D eigenvalue weighted by molar-refractivity contribution is 7.17. The summed E-state index contributed by atoms with van der Waals surface area (Å²) in [7, 11) is 4.16. The number of fused-ring (bicyclic) bond motifs is 2. The second-order valence-corrected chi connectivity index (χ2v) is 7.78. The molecule has 0 saturated heterocycles. The van der Waals surface area contributed by atoms with E-state index in [1.807, 2.05) is 41.0 Å². The predicted molar refractivity (Wildman–Crippen MR) is 101 cm³/mol. The van der Waals surface area contributed by atoms with Gasteiger partial charge in [0.05, 0.1) is 30.2 Å². The molecule has 3 aromatic rings. The Labute approximate surface area is 151 Å². The summed E-state index contributed by atoms with van der Waals surface area (Å²) in [5.41, 5.74) is 1.93. The summed E-state index contributed by atoms with van der Waals surface area (Å²) < 4.78 is 3.40. The normalized spacial score (nSPS) is 17.2. The van der Waals surface area contributed by atoms with Crippen LogP contribution >= 0.6 is 11.3 Å². The maximum Gasteiger partial charge on any atom is 0.255 e. The average Bonchev–Trinajstić information content (AvgIpc) is 3.25. The van der Waals surface area contributed by atoms with Crippen molar-refractivity contribution in [1.29, 1.82) is 0 Å². The molecule has 1 aromatic carbocycles. The topological polar surface area (TPSA) is 41.4 Å². The maximum absolute atomic E-state index is 13.2. The molecule has 130 valence electrons. The van der Waals surface area contributed by atoms with E-state index in [4.69, 9.17) is 0 Å². The van der Waals surface area contributed by atoms with Gasteiger partial charge in [-0.25, -0.2) is 4.98 Å². The Kier molecular flexibility index (Phi) is 4.31. The van der Waals surface area contributed by atoms with Crippen molar-refractivity contribution in [3.05, 3.63) is 53.4 Å². The number of carbonyl (C=O) groups is 1. The molecule has 0 radical (unpaired) electrons. The van der Waals surface area contributed by atoms with Crippen molar-refractivity contribution in [2.45, 2.75) is 19.0 Å². The molecule has 0 spiro atoms. The molecule has 6 heteroatoms. The lowest BCUT2D eigenvalue weighted by Crippen LogP contribution is -2.41. The molecule has 0 fully saturated rings. The minimum atomic E-state index is 0.125. The van der Waals surface area contributed by atoms with Crippen molar-refractivity contribution in [1.82, 2.24) is 19.4 Å². The van der Waals surface area contributed by atoms with Gasteiger partial charge in [0.2, 0.25) is 0 Å². The highest BCUT2D eigenvalue weighted by atomic mass is 32.1. The van der Waals surface area contributed by atoms with E-state index in [0.717, 1.165) is 40.9 Å². The Morgan fingerprint density at radius 3 is 3.04 bits per heavy atom. The lowest BCUT2D eigenvalue weighted by molar-refractivity contribution is 0.0673. The number of aromatic nitrogens is 2. The third kappa shape index (κ3) is 3.07. The second-order valence-electron chi connectivity index (χ2n) is 6.87. The zero-order chi connectivity index (χ0) is 17.4. The summed E-state index contributed by atoms with van der Waals surface area (Å²) in [6.45, 7) is 2.35. The van der Waals surface area contributed by atoms with Crippen molar-refractivity contribution >= 4 is 27.3 Å². The SMILES string of the molecule is CN(C)CC[C@@H]1CN(C(=O)c2csc3ccccc23)Cc2cncn21. The largest absolute Gasteiger partial charge is 0.331 e. The van der Waals surface area contributed by atoms with Crippen LogP contribution in [0.1, 0.15) is 28.5 Å². The molecule has 5 nitrogen and oxygen atoms in total. The molecule has 1 aliphatic rings. The van der Waals surface area contributed by atoms with Crippen LogP contribution in [0.15, 0.2) is 42.2 Å². The van der Waals surface area contributed by atoms with Crippen LogP contribution in [0.2, 0.25) is 0 Å². The molecule has 0 bridgehead atoms. The number of amides is 1. The summed E-state index contributed by atoms with van der Waals surface area (Å²) in [5, 5.41) is 3.05. The van der Waals surface area contributed by atoms with Crippen molar-refractivity contribution in [2.75, 3.05) is 27.2 Å². The molecule has 0 saturated carbocycles. The van der Waals surface area contributed by atoms with E-state index in [2.05, 4.69) is 34.6 Å². The average molecular weight is 354 g/mol. The van der Waals surface area contributed by atoms with Gasteiger partial charge in [-0.2, -0.15) is 0 Å². The van der Waals surface area contributed by atoms with Gasteiger partial charge < -0.3 is 14.4 Å². The van der Waals surface area contributed by atoms with Crippen LogP contribution in [0.25, 0.3) is 10.1 Å². The smallest absolute Gasteiger partial charge is 0.255 e. The minimum absolute atomic E-state index is 0.125. The number of rotatable bonds is 4. The highest BCUT2D eigenvalue weighted by Crippen LogP contribution is 2.30. The molecule has 0 unspecified atom stereocenters. The number of benzene rings is 1. The van der Waals surface area contributed by atoms with E-state index >= 15 is 0 Å². The number of nitrogens with zero attached hydrogens (tertiary/aromatic N) is 4. The van der Waals surface area contributed by atoms with Gasteiger partial charge in [0.25, 0.3) is 5.91 Å². The molecule has 2 aromatic heterocycles. The van der Waals surface area contributed by atoms with Crippen molar-refractivity contribution < 1.29 is 4.79 Å². The lowest BCUT2D eigenvalue weighted by Gasteiger charge is -2.35. The van der Waals surface area contributed by atoms with Gasteiger partial charge in [-0.15, -0.1) is 11.3 Å². The van der Waals surface area contributed by atoms with Crippen molar-refractivity contribution in [2.24, 2.45) is 0 Å². The molecule has 4 rings (SSSR count). The van der Waals surface area contributed by atoms with Gasteiger partial charge in [0.15, 0.2) is 0 Å². The molecule has 1 aliphatic heterocycles. The molecule has 1 amide bonds. The summed E-state index contributed by atoms with van der Waals surface area (Å²) in [5.74, 6) is 0.125. The Morgan fingerprint density at radius 1 is 1.36 bits per heavy atom. The van der Waals surface area contributed by atoms with E-state index in [-0.39, 0.29) is 11.9 Å². The Morgan fingerprint density at radius 2 is 2.20 bits per heavy atom. The molecule has 0 N–H and O–H groups in total. The zero-order valence-corrected chi connectivity index (χ0v) is 15.4. The minimum Gasteiger partial charge on any atom is -0.331 e. The van der Waals surface area contributed by atoms with Crippen LogP contribution in [0.4, 0.5) is 0 Å². The van der Waals surface area contributed by atoms with E-state index in [0.29, 0.717) is 6.54 Å². The third-order valence-electron chi connectivity index (χ3n) is 4.83. The fourth-order valence-corrected chi connectivity index (χ4v) is 4.43. The second kappa shape index (κ2) is 6.61. The fraction of sp³-hybridized carbons (Fsp3) is 0.368. The monoisotopic (exact) mass is 354 g/mol. The van der Waals surface area contributed by atoms with Gasteiger partial charge >= 0.3 is 0 Å². The molecule has 1 atom stereocenters. The summed E-state index contributed by atoms with van der Waals surface area (Å²) in [6, 6.07) is 8.40. The predicted octanol–water partition coefficient (Wildman–Crippen LogP) is 3.25. The first-order valence-corrected chi connectivity index (χ1v) is 9.42. The molecular weight excluding hydrogens is 332 g/mol. The van der Waals surface area contributed by atoms with Gasteiger partial charge in [-0.05, 0) is 33.1 Å². The summed E-state index contributed by atoms with van der Waals surface area (Å²) in [4.78, 5) is 21.6. The van der Waals surface area contributed by atoms with E-state index in [1.165, 1.54) is 0 Å². The van der Waals surface area contributed by atoms with Crippen LogP contribution < -0.4 is 0 Å². The van der Waals surface area contributed by atoms with Crippen LogP contribution in [0, 0.1) is 0 Å². The quantitative estimate of drug-likeness (QED) is 0.722. The van der Waals surface area contributed by atoms with Crippen LogP contribution in [0.3, 0.4) is 0 Å². The van der Waals surface area contributed by atoms with Crippen LogP contribution in [-0.2, 0) is 6.54 Å². The zero-order valence-electron chi connectivity index (χ0n) is 14.6. The van der Waals surface area contributed by atoms with Crippen molar-refractivity contribution in [3.8, 4) is 0 Å². The van der Waals surface area contributed by atoms with Gasteiger partial charge in [0.1, 0.15) is 0 Å². The van der Waals surface area contributed by atoms with Crippen LogP contribution in [-0.4, -0.2) is 52.4 Å². The fourth-order valence-electron chi connectivity index (χ4n) is 3.49. The number of hydrogen-bond donors (Lipinski definition) is 0. The van der Waals surface area contributed by atoms with E-state index < -0.39 is 0 Å². The number of hydrogen-bond acceptors (Lipinski definition) is 4. The molecule has 3 heterocycles. The first kappa shape index (κ1) is 16.3. The Hall–Kier alpha value is -2.18. The number of carbonyl (C=O) groups excluding carboxylic acids is 1. The Bertz CT molecular complexity index is 898. The molecule has 0 aliphatic carbocycles. The number of thiophene rings is 1. The number of imidazole rings is 1. The molecule has 25 heavy (non-hydrogen) atoms. The first-order chi connectivity index (χ1) is 12.1.